The van der Waals surface area contributed by atoms with Crippen LogP contribution in [0.1, 0.15) is 23.2 Å². The van der Waals surface area contributed by atoms with Gasteiger partial charge in [-0.15, -0.1) is 0 Å². The van der Waals surface area contributed by atoms with E-state index in [1.807, 2.05) is 24.3 Å². The summed E-state index contributed by atoms with van der Waals surface area (Å²) in [4.78, 5) is 15.9. The molecule has 1 fully saturated rings. The van der Waals surface area contributed by atoms with Gasteiger partial charge in [0.25, 0.3) is 5.91 Å². The molecule has 114 valence electrons. The molecule has 0 spiro atoms. The molecule has 0 unspecified atom stereocenters. The third-order valence-electron chi connectivity index (χ3n) is 3.51. The average molecular weight is 298 g/mol. The Bertz CT molecular complexity index is 608. The van der Waals surface area contributed by atoms with Crippen molar-refractivity contribution in [2.75, 3.05) is 18.5 Å². The number of nitrogens with zero attached hydrogens (tertiary/aromatic N) is 1. The van der Waals surface area contributed by atoms with Gasteiger partial charge in [0.1, 0.15) is 12.4 Å². The molecule has 1 atom stereocenters. The van der Waals surface area contributed by atoms with E-state index < -0.39 is 0 Å². The SMILES string of the molecule is O=C(Nc1ccc(OC[C@@H]2CCCO2)cc1)c1ccncc1. The fourth-order valence-corrected chi connectivity index (χ4v) is 2.31. The van der Waals surface area contributed by atoms with E-state index in [1.165, 1.54) is 0 Å². The third kappa shape index (κ3) is 3.83. The summed E-state index contributed by atoms with van der Waals surface area (Å²) in [5, 5.41) is 2.84. The molecule has 0 radical (unpaired) electrons. The smallest absolute Gasteiger partial charge is 0.255 e. The Morgan fingerprint density at radius 2 is 2.00 bits per heavy atom. The van der Waals surface area contributed by atoms with Crippen molar-refractivity contribution in [2.24, 2.45) is 0 Å². The molecule has 1 saturated heterocycles. The highest BCUT2D eigenvalue weighted by Gasteiger charge is 2.15. The van der Waals surface area contributed by atoms with Crippen LogP contribution in [0.3, 0.4) is 0 Å². The first-order valence-electron chi connectivity index (χ1n) is 7.37. The Balaban J connectivity index is 1.53. The Morgan fingerprint density at radius 3 is 2.68 bits per heavy atom. The van der Waals surface area contributed by atoms with Crippen molar-refractivity contribution in [3.8, 4) is 5.75 Å². The zero-order chi connectivity index (χ0) is 15.2. The van der Waals surface area contributed by atoms with Crippen molar-refractivity contribution in [1.82, 2.24) is 4.98 Å². The number of benzene rings is 1. The maximum absolute atomic E-state index is 12.0. The van der Waals surface area contributed by atoms with Crippen LogP contribution in [-0.4, -0.2) is 30.2 Å². The number of hydrogen-bond donors (Lipinski definition) is 1. The van der Waals surface area contributed by atoms with Gasteiger partial charge in [0.2, 0.25) is 0 Å². The number of rotatable bonds is 5. The fourth-order valence-electron chi connectivity index (χ4n) is 2.31. The summed E-state index contributed by atoms with van der Waals surface area (Å²) in [6.07, 6.45) is 5.55. The molecule has 1 aliphatic heterocycles. The van der Waals surface area contributed by atoms with Crippen LogP contribution in [0.25, 0.3) is 0 Å². The number of nitrogens with one attached hydrogen (secondary N) is 1. The highest BCUT2D eigenvalue weighted by Crippen LogP contribution is 2.18. The zero-order valence-corrected chi connectivity index (χ0v) is 12.2. The lowest BCUT2D eigenvalue weighted by Gasteiger charge is -2.12. The van der Waals surface area contributed by atoms with Gasteiger partial charge in [0, 0.05) is 30.3 Å². The summed E-state index contributed by atoms with van der Waals surface area (Å²) in [5.74, 6) is 0.618. The molecule has 1 aliphatic rings. The minimum atomic E-state index is -0.157. The lowest BCUT2D eigenvalue weighted by atomic mass is 10.2. The first-order chi connectivity index (χ1) is 10.8. The Hall–Kier alpha value is -2.40. The van der Waals surface area contributed by atoms with Crippen LogP contribution in [0.5, 0.6) is 5.75 Å². The van der Waals surface area contributed by atoms with Crippen molar-refractivity contribution in [3.63, 3.8) is 0 Å². The number of carbonyl (C=O) groups is 1. The first kappa shape index (κ1) is 14.5. The van der Waals surface area contributed by atoms with E-state index in [-0.39, 0.29) is 12.0 Å². The number of aromatic nitrogens is 1. The summed E-state index contributed by atoms with van der Waals surface area (Å²) in [5.41, 5.74) is 1.31. The van der Waals surface area contributed by atoms with E-state index >= 15 is 0 Å². The standard InChI is InChI=1S/C17H18N2O3/c20-17(13-7-9-18-10-8-13)19-14-3-5-15(6-4-14)22-12-16-2-1-11-21-16/h3-10,16H,1-2,11-12H2,(H,19,20)/t16-/m0/s1. The largest absolute Gasteiger partial charge is 0.491 e. The zero-order valence-electron chi connectivity index (χ0n) is 12.2. The first-order valence-corrected chi connectivity index (χ1v) is 7.37. The van der Waals surface area contributed by atoms with E-state index in [2.05, 4.69) is 10.3 Å². The minimum Gasteiger partial charge on any atom is -0.491 e. The Kier molecular flexibility index (Phi) is 4.65. The Labute approximate surface area is 129 Å². The van der Waals surface area contributed by atoms with E-state index in [9.17, 15) is 4.79 Å². The quantitative estimate of drug-likeness (QED) is 0.922. The molecule has 22 heavy (non-hydrogen) atoms. The van der Waals surface area contributed by atoms with E-state index in [4.69, 9.17) is 9.47 Å². The van der Waals surface area contributed by atoms with E-state index in [0.717, 1.165) is 30.9 Å². The van der Waals surface area contributed by atoms with Crippen molar-refractivity contribution < 1.29 is 14.3 Å². The Morgan fingerprint density at radius 1 is 1.23 bits per heavy atom. The van der Waals surface area contributed by atoms with Crippen LogP contribution < -0.4 is 10.1 Å². The monoisotopic (exact) mass is 298 g/mol. The summed E-state index contributed by atoms with van der Waals surface area (Å²) >= 11 is 0. The second kappa shape index (κ2) is 7.04. The molecule has 5 nitrogen and oxygen atoms in total. The van der Waals surface area contributed by atoms with Gasteiger partial charge in [-0.1, -0.05) is 0 Å². The third-order valence-corrected chi connectivity index (χ3v) is 3.51. The molecule has 0 bridgehead atoms. The number of anilines is 1. The van der Waals surface area contributed by atoms with E-state index in [1.54, 1.807) is 24.5 Å². The van der Waals surface area contributed by atoms with Gasteiger partial charge in [-0.05, 0) is 49.2 Å². The summed E-state index contributed by atoms with van der Waals surface area (Å²) in [7, 11) is 0. The molecule has 1 amide bonds. The molecular formula is C17H18N2O3. The van der Waals surface area contributed by atoms with Crippen LogP contribution >= 0.6 is 0 Å². The highest BCUT2D eigenvalue weighted by atomic mass is 16.5. The van der Waals surface area contributed by atoms with Crippen LogP contribution in [-0.2, 0) is 4.74 Å². The van der Waals surface area contributed by atoms with Crippen LogP contribution in [0.2, 0.25) is 0 Å². The molecule has 5 heteroatoms. The highest BCUT2D eigenvalue weighted by molar-refractivity contribution is 6.04. The molecule has 2 heterocycles. The van der Waals surface area contributed by atoms with Gasteiger partial charge >= 0.3 is 0 Å². The molecule has 1 aromatic heterocycles. The normalized spacial score (nSPS) is 17.2. The summed E-state index contributed by atoms with van der Waals surface area (Å²) < 4.78 is 11.2. The van der Waals surface area contributed by atoms with Gasteiger partial charge in [0.05, 0.1) is 6.10 Å². The van der Waals surface area contributed by atoms with Crippen molar-refractivity contribution in [3.05, 3.63) is 54.4 Å². The molecule has 0 aliphatic carbocycles. The van der Waals surface area contributed by atoms with Crippen LogP contribution in [0.15, 0.2) is 48.8 Å². The van der Waals surface area contributed by atoms with E-state index in [0.29, 0.717) is 12.2 Å². The maximum atomic E-state index is 12.0. The van der Waals surface area contributed by atoms with Crippen LogP contribution in [0, 0.1) is 0 Å². The molecule has 3 rings (SSSR count). The number of pyridine rings is 1. The van der Waals surface area contributed by atoms with Gasteiger partial charge < -0.3 is 14.8 Å². The fraction of sp³-hybridized carbons (Fsp3) is 0.294. The lowest BCUT2D eigenvalue weighted by molar-refractivity contribution is 0.0679. The average Bonchev–Trinajstić information content (AvgIpc) is 3.08. The van der Waals surface area contributed by atoms with Gasteiger partial charge in [0.15, 0.2) is 0 Å². The van der Waals surface area contributed by atoms with Gasteiger partial charge in [-0.25, -0.2) is 0 Å². The number of hydrogen-bond acceptors (Lipinski definition) is 4. The predicted molar refractivity (Wildman–Crippen MR) is 83.1 cm³/mol. The summed E-state index contributed by atoms with van der Waals surface area (Å²) in [6, 6.07) is 10.7. The topological polar surface area (TPSA) is 60.5 Å². The second-order valence-corrected chi connectivity index (χ2v) is 5.16. The molecule has 1 N–H and O–H groups in total. The predicted octanol–water partition coefficient (Wildman–Crippen LogP) is 2.89. The summed E-state index contributed by atoms with van der Waals surface area (Å²) in [6.45, 7) is 1.40. The molecular weight excluding hydrogens is 280 g/mol. The van der Waals surface area contributed by atoms with Crippen LogP contribution in [0.4, 0.5) is 5.69 Å². The lowest BCUT2D eigenvalue weighted by Crippen LogP contribution is -2.16. The van der Waals surface area contributed by atoms with Crippen molar-refractivity contribution in [1.29, 1.82) is 0 Å². The van der Waals surface area contributed by atoms with Crippen molar-refractivity contribution in [2.45, 2.75) is 18.9 Å². The molecule has 1 aromatic carbocycles. The minimum absolute atomic E-state index is 0.157. The number of carbonyl (C=O) groups excluding carboxylic acids is 1. The second-order valence-electron chi connectivity index (χ2n) is 5.16. The van der Waals surface area contributed by atoms with Gasteiger partial charge in [-0.3, -0.25) is 9.78 Å². The maximum Gasteiger partial charge on any atom is 0.255 e. The number of amides is 1. The number of ether oxygens (including phenoxy) is 2. The molecule has 0 saturated carbocycles. The van der Waals surface area contributed by atoms with Crippen molar-refractivity contribution >= 4 is 11.6 Å². The van der Waals surface area contributed by atoms with Gasteiger partial charge in [-0.2, -0.15) is 0 Å². The molecule has 2 aromatic rings.